The van der Waals surface area contributed by atoms with E-state index in [4.69, 9.17) is 16.7 Å². The van der Waals surface area contributed by atoms with Gasteiger partial charge in [0, 0.05) is 11.9 Å². The molecule has 0 atom stereocenters. The van der Waals surface area contributed by atoms with Crippen molar-refractivity contribution in [3.8, 4) is 5.69 Å². The molecule has 0 saturated heterocycles. The van der Waals surface area contributed by atoms with E-state index in [2.05, 4.69) is 0 Å². The minimum atomic E-state index is -0.988. The Morgan fingerprint density at radius 3 is 2.71 bits per heavy atom. The summed E-state index contributed by atoms with van der Waals surface area (Å²) in [6.07, 6.45) is 1.62. The summed E-state index contributed by atoms with van der Waals surface area (Å²) in [5.41, 5.74) is 3.17. The van der Waals surface area contributed by atoms with Crippen LogP contribution in [-0.2, 0) is 0 Å². The lowest BCUT2D eigenvalue weighted by molar-refractivity contribution is 0.0688. The summed E-state index contributed by atoms with van der Waals surface area (Å²) >= 11 is 5.87. The Kier molecular flexibility index (Phi) is 2.94. The Morgan fingerprint density at radius 2 is 2.06 bits per heavy atom. The highest BCUT2D eigenvalue weighted by Gasteiger charge is 2.14. The molecule has 88 valence electrons. The summed E-state index contributed by atoms with van der Waals surface area (Å²) in [5, 5.41) is 9.54. The number of aryl methyl sites for hydroxylation is 1. The molecule has 1 aromatic carbocycles. The van der Waals surface area contributed by atoms with Crippen LogP contribution in [0, 0.1) is 13.8 Å². The standard InChI is InChI=1S/C13H12ClNO2/c1-8-4-3-5-11(9(8)2)15-7-10(14)6-12(15)13(16)17/h3-7H,1-2H3,(H,16,17). The maximum Gasteiger partial charge on any atom is 0.352 e. The van der Waals surface area contributed by atoms with Gasteiger partial charge < -0.3 is 9.67 Å². The molecule has 3 nitrogen and oxygen atoms in total. The molecule has 0 aliphatic carbocycles. The van der Waals surface area contributed by atoms with E-state index >= 15 is 0 Å². The van der Waals surface area contributed by atoms with Crippen molar-refractivity contribution in [2.45, 2.75) is 13.8 Å². The van der Waals surface area contributed by atoms with Crippen molar-refractivity contribution >= 4 is 17.6 Å². The van der Waals surface area contributed by atoms with Gasteiger partial charge in [-0.2, -0.15) is 0 Å². The van der Waals surface area contributed by atoms with Gasteiger partial charge in [0.2, 0.25) is 0 Å². The first kappa shape index (κ1) is 11.7. The lowest BCUT2D eigenvalue weighted by Gasteiger charge is -2.11. The lowest BCUT2D eigenvalue weighted by Crippen LogP contribution is -2.07. The molecular weight excluding hydrogens is 238 g/mol. The van der Waals surface area contributed by atoms with E-state index in [0.717, 1.165) is 16.8 Å². The Bertz CT molecular complexity index is 587. The molecule has 0 unspecified atom stereocenters. The van der Waals surface area contributed by atoms with Crippen LogP contribution >= 0.6 is 11.6 Å². The third-order valence-electron chi connectivity index (χ3n) is 2.84. The molecular formula is C13H12ClNO2. The number of hydrogen-bond acceptors (Lipinski definition) is 1. The normalized spacial score (nSPS) is 10.5. The second-order valence-corrected chi connectivity index (χ2v) is 4.37. The van der Waals surface area contributed by atoms with Crippen LogP contribution in [-0.4, -0.2) is 15.6 Å². The van der Waals surface area contributed by atoms with Gasteiger partial charge in [-0.1, -0.05) is 23.7 Å². The molecule has 2 aromatic rings. The zero-order valence-electron chi connectivity index (χ0n) is 9.57. The molecule has 0 spiro atoms. The summed E-state index contributed by atoms with van der Waals surface area (Å²) in [6, 6.07) is 7.22. The number of aromatic carboxylic acids is 1. The molecule has 0 aliphatic heterocycles. The Hall–Kier alpha value is -1.74. The van der Waals surface area contributed by atoms with Gasteiger partial charge in [-0.15, -0.1) is 0 Å². The average Bonchev–Trinajstić information content (AvgIpc) is 2.64. The first-order valence-corrected chi connectivity index (χ1v) is 5.56. The molecule has 4 heteroatoms. The summed E-state index contributed by atoms with van der Waals surface area (Å²) in [6.45, 7) is 3.95. The van der Waals surface area contributed by atoms with Gasteiger partial charge in [0.05, 0.1) is 5.02 Å². The highest BCUT2D eigenvalue weighted by molar-refractivity contribution is 6.31. The van der Waals surface area contributed by atoms with Gasteiger partial charge in [-0.3, -0.25) is 0 Å². The van der Waals surface area contributed by atoms with Crippen LogP contribution in [0.4, 0.5) is 0 Å². The average molecular weight is 250 g/mol. The summed E-state index contributed by atoms with van der Waals surface area (Å²) < 4.78 is 1.60. The topological polar surface area (TPSA) is 42.2 Å². The van der Waals surface area contributed by atoms with E-state index < -0.39 is 5.97 Å². The third kappa shape index (κ3) is 2.06. The monoisotopic (exact) mass is 249 g/mol. The van der Waals surface area contributed by atoms with E-state index in [9.17, 15) is 4.79 Å². The predicted molar refractivity (Wildman–Crippen MR) is 67.2 cm³/mol. The van der Waals surface area contributed by atoms with Crippen molar-refractivity contribution in [3.05, 3.63) is 52.3 Å². The van der Waals surface area contributed by atoms with Crippen molar-refractivity contribution in [3.63, 3.8) is 0 Å². The minimum Gasteiger partial charge on any atom is -0.477 e. The second-order valence-electron chi connectivity index (χ2n) is 3.94. The van der Waals surface area contributed by atoms with Crippen LogP contribution in [0.25, 0.3) is 5.69 Å². The number of hydrogen-bond donors (Lipinski definition) is 1. The summed E-state index contributed by atoms with van der Waals surface area (Å²) in [5.74, 6) is -0.988. The first-order chi connectivity index (χ1) is 8.00. The number of aromatic nitrogens is 1. The smallest absolute Gasteiger partial charge is 0.352 e. The third-order valence-corrected chi connectivity index (χ3v) is 3.05. The fraction of sp³-hybridized carbons (Fsp3) is 0.154. The molecule has 0 bridgehead atoms. The molecule has 0 saturated carbocycles. The Balaban J connectivity index is 2.68. The van der Waals surface area contributed by atoms with Crippen LogP contribution in [0.5, 0.6) is 0 Å². The number of halogens is 1. The lowest BCUT2D eigenvalue weighted by atomic mass is 10.1. The maximum absolute atomic E-state index is 11.1. The summed E-state index contributed by atoms with van der Waals surface area (Å²) in [7, 11) is 0. The van der Waals surface area contributed by atoms with Crippen LogP contribution in [0.3, 0.4) is 0 Å². The van der Waals surface area contributed by atoms with Gasteiger partial charge in [0.15, 0.2) is 0 Å². The van der Waals surface area contributed by atoms with Crippen molar-refractivity contribution in [1.29, 1.82) is 0 Å². The molecule has 0 fully saturated rings. The van der Waals surface area contributed by atoms with Crippen LogP contribution < -0.4 is 0 Å². The van der Waals surface area contributed by atoms with Gasteiger partial charge >= 0.3 is 5.97 Å². The zero-order valence-corrected chi connectivity index (χ0v) is 10.3. The second kappa shape index (κ2) is 4.26. The zero-order chi connectivity index (χ0) is 12.6. The molecule has 2 rings (SSSR count). The first-order valence-electron chi connectivity index (χ1n) is 5.18. The van der Waals surface area contributed by atoms with Gasteiger partial charge in [-0.05, 0) is 37.1 Å². The maximum atomic E-state index is 11.1. The molecule has 0 radical (unpaired) electrons. The van der Waals surface area contributed by atoms with Crippen LogP contribution in [0.1, 0.15) is 21.6 Å². The largest absolute Gasteiger partial charge is 0.477 e. The highest BCUT2D eigenvalue weighted by Crippen LogP contribution is 2.23. The molecule has 0 amide bonds. The number of benzene rings is 1. The summed E-state index contributed by atoms with van der Waals surface area (Å²) in [4.78, 5) is 11.1. The molecule has 1 heterocycles. The number of carboxylic acid groups (broad SMARTS) is 1. The van der Waals surface area contributed by atoms with E-state index in [0.29, 0.717) is 5.02 Å². The number of rotatable bonds is 2. The number of carbonyl (C=O) groups is 1. The molecule has 1 aromatic heterocycles. The Morgan fingerprint density at radius 1 is 1.35 bits per heavy atom. The van der Waals surface area contributed by atoms with Gasteiger partial charge in [-0.25, -0.2) is 4.79 Å². The predicted octanol–water partition coefficient (Wildman–Crippen LogP) is 3.45. The quantitative estimate of drug-likeness (QED) is 0.886. The molecule has 1 N–H and O–H groups in total. The van der Waals surface area contributed by atoms with E-state index in [1.54, 1.807) is 10.8 Å². The molecule has 17 heavy (non-hydrogen) atoms. The van der Waals surface area contributed by atoms with Crippen molar-refractivity contribution in [2.24, 2.45) is 0 Å². The van der Waals surface area contributed by atoms with Crippen molar-refractivity contribution in [2.75, 3.05) is 0 Å². The van der Waals surface area contributed by atoms with Crippen LogP contribution in [0.15, 0.2) is 30.5 Å². The highest BCUT2D eigenvalue weighted by atomic mass is 35.5. The number of carboxylic acids is 1. The van der Waals surface area contributed by atoms with E-state index in [-0.39, 0.29) is 5.69 Å². The van der Waals surface area contributed by atoms with Gasteiger partial charge in [0.25, 0.3) is 0 Å². The Labute approximate surface area is 104 Å². The minimum absolute atomic E-state index is 0.170. The fourth-order valence-electron chi connectivity index (χ4n) is 1.79. The van der Waals surface area contributed by atoms with Gasteiger partial charge in [0.1, 0.15) is 5.69 Å². The van der Waals surface area contributed by atoms with Crippen molar-refractivity contribution in [1.82, 2.24) is 4.57 Å². The van der Waals surface area contributed by atoms with E-state index in [1.807, 2.05) is 32.0 Å². The van der Waals surface area contributed by atoms with Crippen molar-refractivity contribution < 1.29 is 9.90 Å². The SMILES string of the molecule is Cc1cccc(-n2cc(Cl)cc2C(=O)O)c1C. The van der Waals surface area contributed by atoms with Crippen LogP contribution in [0.2, 0.25) is 5.02 Å². The molecule has 0 aliphatic rings. The fourth-order valence-corrected chi connectivity index (χ4v) is 1.99. The number of nitrogens with zero attached hydrogens (tertiary/aromatic N) is 1. The van der Waals surface area contributed by atoms with E-state index in [1.165, 1.54) is 6.07 Å².